The standard InChI is InChI=1S/C14H21IN2O3S/c1-5-6-10(2)16-14(18)12-9-11(7-8-13(12)15)21(19,20)17(3)4/h7-10H,5-6H2,1-4H3,(H,16,18)/t10-/m0/s1. The van der Waals surface area contributed by atoms with E-state index in [0.717, 1.165) is 20.7 Å². The van der Waals surface area contributed by atoms with Gasteiger partial charge in [-0.05, 0) is 54.1 Å². The zero-order valence-corrected chi connectivity index (χ0v) is 15.7. The number of sulfonamides is 1. The number of carbonyl (C=O) groups is 1. The molecule has 0 heterocycles. The van der Waals surface area contributed by atoms with Crippen LogP contribution in [0, 0.1) is 3.57 Å². The van der Waals surface area contributed by atoms with Crippen LogP contribution in [0.15, 0.2) is 23.1 Å². The van der Waals surface area contributed by atoms with E-state index in [9.17, 15) is 13.2 Å². The van der Waals surface area contributed by atoms with Gasteiger partial charge in [0.1, 0.15) is 0 Å². The molecule has 0 bridgehead atoms. The predicted octanol–water partition coefficient (Wildman–Crippen LogP) is 2.46. The van der Waals surface area contributed by atoms with Gasteiger partial charge >= 0.3 is 0 Å². The number of halogens is 1. The summed E-state index contributed by atoms with van der Waals surface area (Å²) < 4.78 is 26.1. The molecule has 21 heavy (non-hydrogen) atoms. The molecule has 0 spiro atoms. The summed E-state index contributed by atoms with van der Waals surface area (Å²) in [5.74, 6) is -0.240. The monoisotopic (exact) mass is 424 g/mol. The van der Waals surface area contributed by atoms with Crippen molar-refractivity contribution in [3.63, 3.8) is 0 Å². The second-order valence-corrected chi connectivity index (χ2v) is 8.41. The van der Waals surface area contributed by atoms with Crippen LogP contribution in [-0.2, 0) is 10.0 Å². The Morgan fingerprint density at radius 1 is 1.38 bits per heavy atom. The molecule has 1 N–H and O–H groups in total. The predicted molar refractivity (Wildman–Crippen MR) is 91.9 cm³/mol. The lowest BCUT2D eigenvalue weighted by molar-refractivity contribution is 0.0937. The average Bonchev–Trinajstić information content (AvgIpc) is 2.38. The van der Waals surface area contributed by atoms with Crippen LogP contribution in [0.25, 0.3) is 0 Å². The first-order chi connectivity index (χ1) is 9.70. The summed E-state index contributed by atoms with van der Waals surface area (Å²) in [4.78, 5) is 12.4. The summed E-state index contributed by atoms with van der Waals surface area (Å²) in [6.07, 6.45) is 1.87. The number of rotatable bonds is 6. The Morgan fingerprint density at radius 3 is 2.52 bits per heavy atom. The molecule has 0 saturated heterocycles. The smallest absolute Gasteiger partial charge is 0.252 e. The number of nitrogens with one attached hydrogen (secondary N) is 1. The highest BCUT2D eigenvalue weighted by atomic mass is 127. The van der Waals surface area contributed by atoms with Crippen molar-refractivity contribution in [2.75, 3.05) is 14.1 Å². The van der Waals surface area contributed by atoms with Gasteiger partial charge in [-0.1, -0.05) is 13.3 Å². The van der Waals surface area contributed by atoms with Crippen molar-refractivity contribution < 1.29 is 13.2 Å². The Balaban J connectivity index is 3.11. The molecule has 1 amide bonds. The van der Waals surface area contributed by atoms with Crippen molar-refractivity contribution in [2.24, 2.45) is 0 Å². The van der Waals surface area contributed by atoms with Gasteiger partial charge in [-0.2, -0.15) is 0 Å². The van der Waals surface area contributed by atoms with Crippen molar-refractivity contribution in [2.45, 2.75) is 37.6 Å². The summed E-state index contributed by atoms with van der Waals surface area (Å²) in [7, 11) is -0.601. The molecule has 1 atom stereocenters. The van der Waals surface area contributed by atoms with E-state index in [-0.39, 0.29) is 16.8 Å². The quantitative estimate of drug-likeness (QED) is 0.714. The Kier molecular flexibility index (Phi) is 6.61. The molecule has 0 aliphatic heterocycles. The minimum absolute atomic E-state index is 0.0624. The number of hydrogen-bond donors (Lipinski definition) is 1. The van der Waals surface area contributed by atoms with Crippen molar-refractivity contribution >= 4 is 38.5 Å². The molecule has 1 rings (SSSR count). The first kappa shape index (κ1) is 18.4. The summed E-state index contributed by atoms with van der Waals surface area (Å²) in [5, 5.41) is 2.89. The fourth-order valence-electron chi connectivity index (χ4n) is 1.86. The van der Waals surface area contributed by atoms with E-state index < -0.39 is 10.0 Å². The summed E-state index contributed by atoms with van der Waals surface area (Å²) in [5.41, 5.74) is 0.390. The van der Waals surface area contributed by atoms with E-state index in [0.29, 0.717) is 5.56 Å². The highest BCUT2D eigenvalue weighted by Gasteiger charge is 2.21. The third-order valence-electron chi connectivity index (χ3n) is 3.06. The SMILES string of the molecule is CCC[C@H](C)NC(=O)c1cc(S(=O)(=O)N(C)C)ccc1I. The minimum Gasteiger partial charge on any atom is -0.350 e. The van der Waals surface area contributed by atoms with Gasteiger partial charge in [0.05, 0.1) is 10.5 Å². The normalized spacial score (nSPS) is 13.2. The van der Waals surface area contributed by atoms with Crippen molar-refractivity contribution in [1.82, 2.24) is 9.62 Å². The van der Waals surface area contributed by atoms with E-state index in [1.807, 2.05) is 29.5 Å². The third kappa shape index (κ3) is 4.65. The first-order valence-corrected chi connectivity index (χ1v) is 9.25. The van der Waals surface area contributed by atoms with Gasteiger partial charge < -0.3 is 5.32 Å². The van der Waals surface area contributed by atoms with Crippen LogP contribution in [0.3, 0.4) is 0 Å². The van der Waals surface area contributed by atoms with Gasteiger partial charge in [-0.3, -0.25) is 4.79 Å². The lowest BCUT2D eigenvalue weighted by atomic mass is 10.1. The van der Waals surface area contributed by atoms with Gasteiger partial charge in [0.25, 0.3) is 5.91 Å². The van der Waals surface area contributed by atoms with Crippen LogP contribution in [-0.4, -0.2) is 38.8 Å². The molecule has 5 nitrogen and oxygen atoms in total. The maximum absolute atomic E-state index is 12.3. The maximum Gasteiger partial charge on any atom is 0.252 e. The summed E-state index contributed by atoms with van der Waals surface area (Å²) in [6.45, 7) is 3.99. The van der Waals surface area contributed by atoms with Crippen molar-refractivity contribution in [3.05, 3.63) is 27.3 Å². The van der Waals surface area contributed by atoms with E-state index in [1.54, 1.807) is 6.07 Å². The van der Waals surface area contributed by atoms with E-state index >= 15 is 0 Å². The van der Waals surface area contributed by atoms with Crippen LogP contribution in [0.4, 0.5) is 0 Å². The number of nitrogens with zero attached hydrogens (tertiary/aromatic N) is 1. The maximum atomic E-state index is 12.3. The summed E-state index contributed by atoms with van der Waals surface area (Å²) in [6, 6.07) is 4.66. The second kappa shape index (κ2) is 7.55. The molecule has 0 aliphatic rings. The summed E-state index contributed by atoms with van der Waals surface area (Å²) >= 11 is 2.04. The zero-order chi connectivity index (χ0) is 16.2. The Bertz CT molecular complexity index is 615. The molecular weight excluding hydrogens is 403 g/mol. The highest BCUT2D eigenvalue weighted by molar-refractivity contribution is 14.1. The molecule has 0 radical (unpaired) electrons. The molecule has 1 aromatic carbocycles. The van der Waals surface area contributed by atoms with Crippen LogP contribution in [0.2, 0.25) is 0 Å². The molecule has 1 aromatic rings. The molecule has 0 unspecified atom stereocenters. The topological polar surface area (TPSA) is 66.5 Å². The fraction of sp³-hybridized carbons (Fsp3) is 0.500. The molecule has 0 saturated carbocycles. The van der Waals surface area contributed by atoms with E-state index in [4.69, 9.17) is 0 Å². The number of hydrogen-bond acceptors (Lipinski definition) is 3. The Labute approximate surface area is 140 Å². The molecule has 0 aliphatic carbocycles. The van der Waals surface area contributed by atoms with Gasteiger partial charge in [0.15, 0.2) is 0 Å². The second-order valence-electron chi connectivity index (χ2n) is 5.09. The van der Waals surface area contributed by atoms with Gasteiger partial charge in [-0.25, -0.2) is 12.7 Å². The Morgan fingerprint density at radius 2 is 2.00 bits per heavy atom. The number of amides is 1. The number of benzene rings is 1. The minimum atomic E-state index is -3.54. The fourth-order valence-corrected chi connectivity index (χ4v) is 3.37. The lowest BCUT2D eigenvalue weighted by Crippen LogP contribution is -2.33. The molecule has 0 aromatic heterocycles. The lowest BCUT2D eigenvalue weighted by Gasteiger charge is -2.15. The average molecular weight is 424 g/mol. The molecule has 7 heteroatoms. The Hall–Kier alpha value is -0.670. The van der Waals surface area contributed by atoms with Gasteiger partial charge in [-0.15, -0.1) is 0 Å². The van der Waals surface area contributed by atoms with Crippen molar-refractivity contribution in [3.8, 4) is 0 Å². The molecule has 0 fully saturated rings. The van der Waals surface area contributed by atoms with Crippen molar-refractivity contribution in [1.29, 1.82) is 0 Å². The van der Waals surface area contributed by atoms with Gasteiger partial charge in [0, 0.05) is 23.7 Å². The highest BCUT2D eigenvalue weighted by Crippen LogP contribution is 2.20. The number of carbonyl (C=O) groups excluding carboxylic acids is 1. The first-order valence-electron chi connectivity index (χ1n) is 6.73. The van der Waals surface area contributed by atoms with Crippen LogP contribution < -0.4 is 5.32 Å². The van der Waals surface area contributed by atoms with E-state index in [1.165, 1.54) is 26.2 Å². The largest absolute Gasteiger partial charge is 0.350 e. The van der Waals surface area contributed by atoms with Crippen LogP contribution in [0.1, 0.15) is 37.0 Å². The van der Waals surface area contributed by atoms with Gasteiger partial charge in [0.2, 0.25) is 10.0 Å². The third-order valence-corrected chi connectivity index (χ3v) is 5.81. The molecule has 118 valence electrons. The van der Waals surface area contributed by atoms with E-state index in [2.05, 4.69) is 12.2 Å². The molecular formula is C14H21IN2O3S. The zero-order valence-electron chi connectivity index (χ0n) is 12.7. The van der Waals surface area contributed by atoms with Crippen LogP contribution in [0.5, 0.6) is 0 Å². The van der Waals surface area contributed by atoms with Crippen LogP contribution >= 0.6 is 22.6 Å².